The normalized spacial score (nSPS) is 10.9. The molecule has 0 bridgehead atoms. The van der Waals surface area contributed by atoms with Crippen LogP contribution in [-0.4, -0.2) is 49.0 Å². The van der Waals surface area contributed by atoms with Gasteiger partial charge in [0.05, 0.1) is 37.2 Å². The maximum Gasteiger partial charge on any atom is 0.389 e. The van der Waals surface area contributed by atoms with Crippen LogP contribution in [0.25, 0.3) is 11.1 Å². The van der Waals surface area contributed by atoms with Gasteiger partial charge >= 0.3 is 6.18 Å². The maximum absolute atomic E-state index is 11.6. The van der Waals surface area contributed by atoms with Gasteiger partial charge in [0.15, 0.2) is 6.03 Å². The second-order valence-corrected chi connectivity index (χ2v) is 9.14. The molecular formula is C36H48F8N8O4Y2-2. The molecule has 12 nitrogen and oxygen atoms in total. The molecule has 0 unspecified atom stereocenters. The molecule has 4 N–H and O–H groups in total. The van der Waals surface area contributed by atoms with Crippen molar-refractivity contribution >= 4 is 47.0 Å². The summed E-state index contributed by atoms with van der Waals surface area (Å²) in [6.07, 6.45) is -3.69. The number of carbonyl (C=O) groups excluding carboxylic acids is 4. The molecule has 4 amide bonds. The number of nitrogens with two attached hydrogens (primary N) is 1. The van der Waals surface area contributed by atoms with Crippen molar-refractivity contribution in [3.63, 3.8) is 0 Å². The Labute approximate surface area is 384 Å². The number of hydrazone groups is 2. The molecular weight excluding hydrogens is 938 g/mol. The predicted octanol–water partition coefficient (Wildman–Crippen LogP) is 10.7. The van der Waals surface area contributed by atoms with E-state index in [0.29, 0.717) is 24.8 Å². The number of rotatable bonds is 3. The van der Waals surface area contributed by atoms with Crippen LogP contribution in [0.2, 0.25) is 0 Å². The Bertz CT molecular complexity index is 1510. The van der Waals surface area contributed by atoms with Crippen LogP contribution in [0.15, 0.2) is 101 Å². The Morgan fingerprint density at radius 2 is 1.10 bits per heavy atom. The average Bonchev–Trinajstić information content (AvgIpc) is 3.76. The minimum Gasteiger partial charge on any atom is -0.724 e. The van der Waals surface area contributed by atoms with Crippen LogP contribution in [0, 0.1) is 6.92 Å². The van der Waals surface area contributed by atoms with Gasteiger partial charge in [-0.25, -0.2) is 5.01 Å². The molecule has 0 aromatic heterocycles. The number of halogens is 8. The summed E-state index contributed by atoms with van der Waals surface area (Å²) >= 11 is 0. The van der Waals surface area contributed by atoms with Gasteiger partial charge in [0.25, 0.3) is 11.8 Å². The predicted molar refractivity (Wildman–Crippen MR) is 204 cm³/mol. The zero-order chi connectivity index (χ0) is 44.5. The zero-order valence-electron chi connectivity index (χ0n) is 33.1. The largest absolute Gasteiger partial charge is 0.724 e. The van der Waals surface area contributed by atoms with E-state index in [1.165, 1.54) is 22.5 Å². The molecule has 58 heavy (non-hydrogen) atoms. The molecule has 2 heterocycles. The molecule has 5 rings (SSSR count). The van der Waals surface area contributed by atoms with Gasteiger partial charge in [0.2, 0.25) is 0 Å². The van der Waals surface area contributed by atoms with E-state index in [0.717, 1.165) is 5.69 Å². The summed E-state index contributed by atoms with van der Waals surface area (Å²) in [6.45, 7) is 11.6. The number of amides is 4. The van der Waals surface area contributed by atoms with Crippen molar-refractivity contribution < 1.29 is 120 Å². The molecule has 320 valence electrons. The zero-order valence-corrected chi connectivity index (χ0v) is 38.8. The second kappa shape index (κ2) is 47.4. The van der Waals surface area contributed by atoms with E-state index in [4.69, 9.17) is 40.0 Å². The maximum atomic E-state index is 11.6. The first kappa shape index (κ1) is 68.7. The third kappa shape index (κ3) is 37.6. The Hall–Kier alpha value is -3.96. The quantitative estimate of drug-likeness (QED) is 0.150. The third-order valence-corrected chi connectivity index (χ3v) is 5.31. The van der Waals surface area contributed by atoms with Crippen molar-refractivity contribution in [1.29, 1.82) is 0 Å². The Morgan fingerprint density at radius 1 is 0.776 bits per heavy atom. The second-order valence-electron chi connectivity index (χ2n) is 9.14. The third-order valence-electron chi connectivity index (χ3n) is 5.31. The van der Waals surface area contributed by atoms with Gasteiger partial charge in [-0.3, -0.25) is 23.6 Å². The van der Waals surface area contributed by atoms with Crippen molar-refractivity contribution in [2.75, 3.05) is 17.2 Å². The van der Waals surface area contributed by atoms with Crippen molar-refractivity contribution in [2.45, 2.75) is 73.4 Å². The number of benzene rings is 3. The summed E-state index contributed by atoms with van der Waals surface area (Å²) in [5, 5.41) is 19.3. The van der Waals surface area contributed by atoms with Crippen molar-refractivity contribution in [1.82, 2.24) is 5.32 Å². The number of aryl methyl sites for hydroxylation is 1. The van der Waals surface area contributed by atoms with Gasteiger partial charge in [-0.05, 0) is 43.7 Å². The molecule has 0 atom stereocenters. The number of carbonyl (C=O) groups is 3. The van der Waals surface area contributed by atoms with Gasteiger partial charge in [0.1, 0.15) is 5.84 Å². The van der Waals surface area contributed by atoms with E-state index in [2.05, 4.69) is 34.6 Å². The van der Waals surface area contributed by atoms with Crippen LogP contribution in [-0.2, 0) is 79.8 Å². The number of anilines is 2. The Balaban J connectivity index is -0.000000112. The van der Waals surface area contributed by atoms with E-state index in [-0.39, 0.29) is 102 Å². The van der Waals surface area contributed by atoms with E-state index in [1.54, 1.807) is 24.3 Å². The number of hydrogen-bond donors (Lipinski definition) is 2. The number of isocyanates is 1. The summed E-state index contributed by atoms with van der Waals surface area (Å²) < 4.78 is 74.7. The topological polar surface area (TPSA) is 184 Å². The molecule has 0 aliphatic carbocycles. The standard InChI is InChI=1S/C10H10N4O2.C9H9N3O.C7H8.C4H7F3.2C2H6.CH3F.CNO.2F2.2Y/c11-10(16)12-8-6-9(15)14(13-8)7-4-2-1-3-5-7;10-8-6-9(13)12(11-8)7-4-2-1-3-5-7;1-7-5-3-2-4-6-7;1-2-3-4(5,6)7;3*1-2;2-1-3;2*1-2;;/h1-5H,6H2,(H3,11,12,13,16);1-5H,6H2,(H2,10,11);2-6H,1H3;2-3H2,1H3;2*1-2H3;1H3;;;;;/q;;;;;;;-1;;;;/p-1. The summed E-state index contributed by atoms with van der Waals surface area (Å²) in [5.74, 6) is 0.265. The van der Waals surface area contributed by atoms with Gasteiger partial charge < -0.3 is 22.2 Å². The molecule has 0 saturated carbocycles. The monoisotopic (exact) mass is 986 g/mol. The van der Waals surface area contributed by atoms with Crippen molar-refractivity contribution in [3.05, 3.63) is 108 Å². The SMILES string of the molecule is CC.CC.CCCC(F)(F)F.CF.Cc1ccccc1.FF.FF.NC1=NN(c2ccccc2)C(=O)C1.[N-]=C=O.[NH-]C(=O)NC1=NN(c2ccccc2)C(=O)C1.[Y].[Y]. The van der Waals surface area contributed by atoms with E-state index in [9.17, 15) is 31.9 Å². The van der Waals surface area contributed by atoms with E-state index in [1.807, 2.05) is 82.3 Å². The fourth-order valence-electron chi connectivity index (χ4n) is 3.44. The van der Waals surface area contributed by atoms with Crippen molar-refractivity contribution in [2.24, 2.45) is 15.9 Å². The first-order valence-electron chi connectivity index (χ1n) is 16.3. The molecule has 2 aliphatic rings. The molecule has 3 aromatic carbocycles. The summed E-state index contributed by atoms with van der Waals surface area (Å²) in [6, 6.07) is 27.4. The molecule has 2 aliphatic heterocycles. The number of nitrogens with zero attached hydrogens (tertiary/aromatic N) is 5. The van der Waals surface area contributed by atoms with Gasteiger partial charge in [-0.15, -0.1) is 0 Å². The van der Waals surface area contributed by atoms with Crippen LogP contribution < -0.4 is 21.1 Å². The molecule has 3 aromatic rings. The van der Waals surface area contributed by atoms with Gasteiger partial charge in [0, 0.05) is 90.1 Å². The molecule has 2 radical (unpaired) electrons. The van der Waals surface area contributed by atoms with Crippen LogP contribution in [0.5, 0.6) is 0 Å². The molecule has 0 spiro atoms. The number of para-hydroxylation sites is 2. The van der Waals surface area contributed by atoms with Gasteiger partial charge in [-0.2, -0.15) is 28.4 Å². The number of hydrogen-bond acceptors (Lipinski definition) is 7. The summed E-state index contributed by atoms with van der Waals surface area (Å²) in [5.41, 5.74) is 14.9. The summed E-state index contributed by atoms with van der Waals surface area (Å²) in [4.78, 5) is 41.6. The van der Waals surface area contributed by atoms with E-state index >= 15 is 0 Å². The Kier molecular flexibility index (Phi) is 56.2. The number of alkyl halides is 4. The van der Waals surface area contributed by atoms with Crippen LogP contribution in [0.3, 0.4) is 0 Å². The van der Waals surface area contributed by atoms with E-state index < -0.39 is 18.6 Å². The van der Waals surface area contributed by atoms with Gasteiger partial charge in [-0.1, -0.05) is 107 Å². The number of urea groups is 1. The Morgan fingerprint density at radius 3 is 1.34 bits per heavy atom. The minimum absolute atomic E-state index is 0. The molecule has 0 fully saturated rings. The fraction of sp³-hybridized carbons (Fsp3) is 0.333. The minimum atomic E-state index is -3.95. The first-order valence-corrected chi connectivity index (χ1v) is 16.3. The van der Waals surface area contributed by atoms with Crippen molar-refractivity contribution in [3.8, 4) is 0 Å². The smallest absolute Gasteiger partial charge is 0.389 e. The molecule has 22 heteroatoms. The fourth-order valence-corrected chi connectivity index (χ4v) is 3.44. The summed E-state index contributed by atoms with van der Waals surface area (Å²) in [7, 11) is 0.500. The average molecular weight is 987 g/mol. The molecule has 0 saturated heterocycles. The van der Waals surface area contributed by atoms with Crippen LogP contribution >= 0.6 is 0 Å². The number of amidine groups is 2. The first-order chi connectivity index (χ1) is 26.8. The van der Waals surface area contributed by atoms with Crippen LogP contribution in [0.4, 0.5) is 52.0 Å². The number of nitrogens with one attached hydrogen (secondary N) is 2. The van der Waals surface area contributed by atoms with Crippen LogP contribution in [0.1, 0.15) is 65.9 Å².